The summed E-state index contributed by atoms with van der Waals surface area (Å²) in [5.41, 5.74) is 6.65. The molecule has 3 rings (SSSR count). The van der Waals surface area contributed by atoms with Crippen LogP contribution in [0.1, 0.15) is 32.1 Å². The van der Waals surface area contributed by atoms with Crippen molar-refractivity contribution in [2.45, 2.75) is 75.0 Å². The first-order valence-electron chi connectivity index (χ1n) is 9.72. The average molecular weight is 373 g/mol. The van der Waals surface area contributed by atoms with Gasteiger partial charge in [-0.2, -0.15) is 0 Å². The number of likely N-dealkylation sites (N-methyl/N-ethyl adjacent to an activating group) is 1. The number of rotatable bonds is 6. The van der Waals surface area contributed by atoms with Crippen LogP contribution in [0.3, 0.4) is 0 Å². The zero-order valence-corrected chi connectivity index (χ0v) is 16.8. The molecule has 2 N–H and O–H groups in total. The molecule has 152 valence electrons. The highest BCUT2D eigenvalue weighted by atomic mass is 16.5. The number of nitrogens with zero attached hydrogens (tertiary/aromatic N) is 3. The van der Waals surface area contributed by atoms with E-state index in [0.717, 1.165) is 32.1 Å². The third kappa shape index (κ3) is 3.66. The van der Waals surface area contributed by atoms with E-state index in [0.29, 0.717) is 6.61 Å². The van der Waals surface area contributed by atoms with Crippen LogP contribution in [0.5, 0.6) is 0 Å². The van der Waals surface area contributed by atoms with Crippen LogP contribution < -0.4 is 5.73 Å². The Bertz CT molecular complexity index is 445. The van der Waals surface area contributed by atoms with Gasteiger partial charge in [-0.1, -0.05) is 0 Å². The van der Waals surface area contributed by atoms with Crippen LogP contribution in [0.15, 0.2) is 0 Å². The molecule has 6 unspecified atom stereocenters. The molecule has 0 amide bonds. The Balaban J connectivity index is 1.86. The molecule has 2 aliphatic heterocycles. The number of methoxy groups -OCH3 is 3. The number of nitrogens with two attached hydrogens (primary N) is 1. The van der Waals surface area contributed by atoms with Gasteiger partial charge in [-0.05, 0) is 32.1 Å². The van der Waals surface area contributed by atoms with E-state index in [1.54, 1.807) is 21.3 Å². The van der Waals surface area contributed by atoms with Gasteiger partial charge >= 0.3 is 0 Å². The quantitative estimate of drug-likeness (QED) is 0.720. The Morgan fingerprint density at radius 3 is 2.19 bits per heavy atom. The molecule has 0 radical (unpaired) electrons. The Labute approximate surface area is 157 Å². The van der Waals surface area contributed by atoms with Crippen molar-refractivity contribution < 1.29 is 18.9 Å². The van der Waals surface area contributed by atoms with E-state index in [2.05, 4.69) is 22.0 Å². The number of hydrogen-bond donors (Lipinski definition) is 1. The second-order valence-electron chi connectivity index (χ2n) is 7.72. The predicted octanol–water partition coefficient (Wildman–Crippen LogP) is 0.426. The molecule has 2 saturated heterocycles. The molecule has 0 aromatic carbocycles. The van der Waals surface area contributed by atoms with Crippen LogP contribution in [-0.2, 0) is 18.9 Å². The maximum absolute atomic E-state index is 6.65. The van der Waals surface area contributed by atoms with E-state index in [1.807, 2.05) is 7.05 Å². The fourth-order valence-electron chi connectivity index (χ4n) is 4.96. The van der Waals surface area contributed by atoms with Crippen LogP contribution in [-0.4, -0.2) is 99.9 Å². The minimum Gasteiger partial charge on any atom is -0.382 e. The van der Waals surface area contributed by atoms with Crippen molar-refractivity contribution in [1.29, 1.82) is 0 Å². The first-order valence-corrected chi connectivity index (χ1v) is 9.72. The van der Waals surface area contributed by atoms with Crippen molar-refractivity contribution in [2.24, 2.45) is 5.73 Å². The van der Waals surface area contributed by atoms with Gasteiger partial charge in [0.2, 0.25) is 0 Å². The number of hydrazine groups is 1. The molecule has 2 heterocycles. The van der Waals surface area contributed by atoms with Gasteiger partial charge in [0.25, 0.3) is 0 Å². The molecule has 3 aliphatic rings. The van der Waals surface area contributed by atoms with Crippen molar-refractivity contribution in [1.82, 2.24) is 14.9 Å². The summed E-state index contributed by atoms with van der Waals surface area (Å²) in [7, 11) is 9.43. The minimum absolute atomic E-state index is 0.0651. The lowest BCUT2D eigenvalue weighted by molar-refractivity contribution is -0.132. The van der Waals surface area contributed by atoms with Crippen molar-refractivity contribution in [3.63, 3.8) is 0 Å². The maximum Gasteiger partial charge on any atom is 0.129 e. The molecule has 26 heavy (non-hydrogen) atoms. The summed E-state index contributed by atoms with van der Waals surface area (Å²) in [4.78, 5) is 2.36. The lowest BCUT2D eigenvalue weighted by Gasteiger charge is -2.46. The van der Waals surface area contributed by atoms with Crippen molar-refractivity contribution in [3.8, 4) is 0 Å². The molecule has 0 aromatic rings. The smallest absolute Gasteiger partial charge is 0.129 e. The molecule has 3 fully saturated rings. The van der Waals surface area contributed by atoms with E-state index < -0.39 is 0 Å². The van der Waals surface area contributed by atoms with Crippen LogP contribution in [0.4, 0.5) is 0 Å². The van der Waals surface area contributed by atoms with Crippen LogP contribution >= 0.6 is 0 Å². The largest absolute Gasteiger partial charge is 0.382 e. The van der Waals surface area contributed by atoms with Gasteiger partial charge in [-0.15, -0.1) is 0 Å². The highest BCUT2D eigenvalue weighted by molar-refractivity contribution is 5.00. The summed E-state index contributed by atoms with van der Waals surface area (Å²) in [6.07, 6.45) is 5.50. The van der Waals surface area contributed by atoms with Gasteiger partial charge in [-0.3, -0.25) is 0 Å². The minimum atomic E-state index is -0.228. The number of ether oxygens (including phenoxy) is 4. The molecule has 8 heteroatoms. The molecular formula is C18H36N4O4. The third-order valence-electron chi connectivity index (χ3n) is 6.39. The Hall–Kier alpha value is -0.320. The molecule has 6 atom stereocenters. The summed E-state index contributed by atoms with van der Waals surface area (Å²) >= 11 is 0. The van der Waals surface area contributed by atoms with Gasteiger partial charge < -0.3 is 24.7 Å². The van der Waals surface area contributed by atoms with Crippen LogP contribution in [0.2, 0.25) is 0 Å². The Morgan fingerprint density at radius 2 is 1.62 bits per heavy atom. The van der Waals surface area contributed by atoms with E-state index >= 15 is 0 Å². The zero-order valence-electron chi connectivity index (χ0n) is 16.8. The highest BCUT2D eigenvalue weighted by Gasteiger charge is 2.53. The van der Waals surface area contributed by atoms with Gasteiger partial charge in [0.1, 0.15) is 12.5 Å². The molecule has 1 saturated carbocycles. The van der Waals surface area contributed by atoms with Crippen molar-refractivity contribution in [3.05, 3.63) is 0 Å². The highest BCUT2D eigenvalue weighted by Crippen LogP contribution is 2.37. The average Bonchev–Trinajstić information content (AvgIpc) is 3.19. The van der Waals surface area contributed by atoms with Crippen LogP contribution in [0.25, 0.3) is 0 Å². The van der Waals surface area contributed by atoms with Crippen molar-refractivity contribution in [2.75, 3.05) is 42.0 Å². The summed E-state index contributed by atoms with van der Waals surface area (Å²) in [6.45, 7) is 0.639. The Kier molecular flexibility index (Phi) is 6.90. The number of hydrogen-bond acceptors (Lipinski definition) is 8. The lowest BCUT2D eigenvalue weighted by Crippen LogP contribution is -2.63. The van der Waals surface area contributed by atoms with E-state index in [-0.39, 0.29) is 42.9 Å². The lowest BCUT2D eigenvalue weighted by atomic mass is 9.87. The standard InChI is InChI=1S/C18H36N4O4/c1-20-17(15-10-9-12(26-15)11-23-3)22(18(19)21(20)2)16-13(24-4)7-6-8-14(16)25-5/h12-18H,6-11,19H2,1-5H3. The summed E-state index contributed by atoms with van der Waals surface area (Å²) in [6, 6.07) is 0.108. The topological polar surface area (TPSA) is 72.7 Å². The third-order valence-corrected chi connectivity index (χ3v) is 6.39. The van der Waals surface area contributed by atoms with E-state index in [4.69, 9.17) is 24.7 Å². The summed E-state index contributed by atoms with van der Waals surface area (Å²) in [5.74, 6) is 0. The van der Waals surface area contributed by atoms with Gasteiger partial charge in [0.15, 0.2) is 0 Å². The Morgan fingerprint density at radius 1 is 0.962 bits per heavy atom. The maximum atomic E-state index is 6.65. The fraction of sp³-hybridized carbons (Fsp3) is 1.00. The first-order chi connectivity index (χ1) is 12.5. The molecule has 1 aliphatic carbocycles. The molecular weight excluding hydrogens is 336 g/mol. The monoisotopic (exact) mass is 372 g/mol. The molecule has 0 aromatic heterocycles. The zero-order chi connectivity index (χ0) is 18.8. The summed E-state index contributed by atoms with van der Waals surface area (Å²) in [5, 5.41) is 4.30. The first kappa shape index (κ1) is 20.4. The summed E-state index contributed by atoms with van der Waals surface area (Å²) < 4.78 is 23.4. The predicted molar refractivity (Wildman–Crippen MR) is 98.1 cm³/mol. The van der Waals surface area contributed by atoms with Crippen LogP contribution in [0, 0.1) is 0 Å². The van der Waals surface area contributed by atoms with Crippen molar-refractivity contribution >= 4 is 0 Å². The SMILES string of the molecule is COCC1CCC(C2N(C3C(OC)CCCC3OC)C(N)N(C)N2C)O1. The second-order valence-corrected chi connectivity index (χ2v) is 7.72. The second kappa shape index (κ2) is 8.79. The van der Waals surface area contributed by atoms with E-state index in [9.17, 15) is 0 Å². The normalized spacial score (nSPS) is 43.4. The van der Waals surface area contributed by atoms with E-state index in [1.165, 1.54) is 0 Å². The molecule has 0 bridgehead atoms. The fourth-order valence-corrected chi connectivity index (χ4v) is 4.96. The molecule has 8 nitrogen and oxygen atoms in total. The van der Waals surface area contributed by atoms with Gasteiger partial charge in [0.05, 0.1) is 37.1 Å². The van der Waals surface area contributed by atoms with Gasteiger partial charge in [-0.25, -0.2) is 14.9 Å². The molecule has 0 spiro atoms. The van der Waals surface area contributed by atoms with Gasteiger partial charge in [0, 0.05) is 35.4 Å².